The van der Waals surface area contributed by atoms with E-state index in [1.54, 1.807) is 23.2 Å². The van der Waals surface area contributed by atoms with Crippen LogP contribution in [0.3, 0.4) is 0 Å². The van der Waals surface area contributed by atoms with Crippen molar-refractivity contribution >= 4 is 11.8 Å². The molecule has 2 amide bonds. The summed E-state index contributed by atoms with van der Waals surface area (Å²) >= 11 is 0. The number of fused-ring (bicyclic) bond motifs is 2. The van der Waals surface area contributed by atoms with Crippen molar-refractivity contribution in [2.75, 3.05) is 13.1 Å². The number of aromatic amines is 1. The molecule has 2 bridgehead atoms. The number of H-pyrrole nitrogens is 1. The number of likely N-dealkylation sites (tertiary alicyclic amines) is 1. The molecule has 0 spiro atoms. The van der Waals surface area contributed by atoms with Crippen LogP contribution in [0.5, 0.6) is 5.75 Å². The van der Waals surface area contributed by atoms with E-state index >= 15 is 0 Å². The molecule has 2 aromatic heterocycles. The maximum atomic E-state index is 13.3. The summed E-state index contributed by atoms with van der Waals surface area (Å²) in [6, 6.07) is 5.79. The van der Waals surface area contributed by atoms with Crippen molar-refractivity contribution in [2.45, 2.75) is 57.0 Å². The zero-order valence-electron chi connectivity index (χ0n) is 20.8. The van der Waals surface area contributed by atoms with E-state index in [4.69, 9.17) is 4.98 Å². The number of carbonyl (C=O) groups excluding carboxylic acids is 2. The van der Waals surface area contributed by atoms with E-state index in [-0.39, 0.29) is 35.2 Å². The van der Waals surface area contributed by atoms with Crippen molar-refractivity contribution in [3.63, 3.8) is 0 Å². The number of rotatable bonds is 4. The van der Waals surface area contributed by atoms with Gasteiger partial charge in [0.05, 0.1) is 0 Å². The Balaban J connectivity index is 1.29. The molecule has 5 heterocycles. The molecule has 10 nitrogen and oxygen atoms in total. The monoisotopic (exact) mass is 520 g/mol. The van der Waals surface area contributed by atoms with Gasteiger partial charge in [-0.3, -0.25) is 19.0 Å². The molecule has 1 aliphatic carbocycles. The lowest BCUT2D eigenvalue weighted by atomic mass is 9.79. The lowest BCUT2D eigenvalue weighted by Gasteiger charge is -2.32. The average Bonchev–Trinajstić information content (AvgIpc) is 3.55. The van der Waals surface area contributed by atoms with Gasteiger partial charge in [-0.2, -0.15) is 0 Å². The number of carbonyl (C=O) groups is 2. The minimum atomic E-state index is -0.617. The van der Waals surface area contributed by atoms with Gasteiger partial charge in [0.1, 0.15) is 11.6 Å². The SMILES string of the molecule is O=C(NC1CC2CCC1c1nc(-c3ncc(Cc4ccc(F)cc4)[nH]3)c(O)c(=O)n1C2)C(=O)N1CCCC1. The number of imidazole rings is 1. The fraction of sp³-hybridized carbons (Fsp3) is 0.444. The van der Waals surface area contributed by atoms with Gasteiger partial charge >= 0.3 is 11.8 Å². The highest BCUT2D eigenvalue weighted by Gasteiger charge is 2.41. The van der Waals surface area contributed by atoms with Crippen molar-refractivity contribution in [3.8, 4) is 17.3 Å². The molecule has 4 aliphatic rings. The summed E-state index contributed by atoms with van der Waals surface area (Å²) in [6.07, 6.45) is 6.06. The first-order valence-electron chi connectivity index (χ1n) is 13.1. The summed E-state index contributed by atoms with van der Waals surface area (Å²) in [6.45, 7) is 1.58. The maximum absolute atomic E-state index is 13.3. The van der Waals surface area contributed by atoms with Crippen molar-refractivity contribution in [3.05, 3.63) is 63.7 Å². The van der Waals surface area contributed by atoms with Crippen molar-refractivity contribution in [1.82, 2.24) is 29.7 Å². The van der Waals surface area contributed by atoms with Crippen LogP contribution in [0.25, 0.3) is 11.5 Å². The van der Waals surface area contributed by atoms with Crippen LogP contribution in [0.4, 0.5) is 4.39 Å². The second-order valence-corrected chi connectivity index (χ2v) is 10.5. The summed E-state index contributed by atoms with van der Waals surface area (Å²) in [7, 11) is 0. The van der Waals surface area contributed by atoms with Crippen LogP contribution in [0.15, 0.2) is 35.3 Å². The van der Waals surface area contributed by atoms with Crippen LogP contribution in [-0.4, -0.2) is 60.5 Å². The van der Waals surface area contributed by atoms with Gasteiger partial charge in [-0.1, -0.05) is 12.1 Å². The van der Waals surface area contributed by atoms with Crippen LogP contribution >= 0.6 is 0 Å². The van der Waals surface area contributed by atoms with Gasteiger partial charge in [0, 0.05) is 49.9 Å². The zero-order valence-corrected chi connectivity index (χ0v) is 20.8. The maximum Gasteiger partial charge on any atom is 0.311 e. The van der Waals surface area contributed by atoms with Gasteiger partial charge in [-0.05, 0) is 55.7 Å². The third kappa shape index (κ3) is 4.46. The molecule has 3 N–H and O–H groups in total. The number of nitrogens with zero attached hydrogens (tertiary/aromatic N) is 4. The number of hydrogen-bond acceptors (Lipinski definition) is 6. The standard InChI is InChI=1S/C27H29FN6O4/c28-17-6-3-15(4-7-17)11-18-13-29-23(30-18)21-22(35)26(37)34-14-16-5-8-19(24(34)32-21)20(12-16)31-25(36)27(38)33-9-1-2-10-33/h3-4,6-7,13,16,19-20,35H,1-2,5,8-12,14H2,(H,29,30)(H,31,36). The highest BCUT2D eigenvalue weighted by atomic mass is 19.1. The van der Waals surface area contributed by atoms with Crippen molar-refractivity contribution in [1.29, 1.82) is 0 Å². The second kappa shape index (κ2) is 9.70. The van der Waals surface area contributed by atoms with E-state index in [2.05, 4.69) is 15.3 Å². The van der Waals surface area contributed by atoms with Gasteiger partial charge in [0.2, 0.25) is 5.75 Å². The topological polar surface area (TPSA) is 133 Å². The summed E-state index contributed by atoms with van der Waals surface area (Å²) < 4.78 is 14.8. The number of halogens is 1. The Labute approximate surface area is 217 Å². The minimum absolute atomic E-state index is 0.0511. The predicted molar refractivity (Wildman–Crippen MR) is 135 cm³/mol. The van der Waals surface area contributed by atoms with Gasteiger partial charge in [-0.15, -0.1) is 0 Å². The van der Waals surface area contributed by atoms with E-state index in [1.807, 2.05) is 0 Å². The fourth-order valence-corrected chi connectivity index (χ4v) is 6.02. The second-order valence-electron chi connectivity index (χ2n) is 10.5. The van der Waals surface area contributed by atoms with Crippen molar-refractivity contribution in [2.24, 2.45) is 5.92 Å². The zero-order chi connectivity index (χ0) is 26.4. The Bertz CT molecular complexity index is 1440. The summed E-state index contributed by atoms with van der Waals surface area (Å²) in [5.41, 5.74) is 1.10. The number of benzene rings is 1. The van der Waals surface area contributed by atoms with Gasteiger partial charge in [-0.25, -0.2) is 14.4 Å². The molecule has 7 rings (SSSR count). The third-order valence-corrected chi connectivity index (χ3v) is 7.97. The van der Waals surface area contributed by atoms with Gasteiger partial charge < -0.3 is 20.3 Å². The van der Waals surface area contributed by atoms with E-state index in [0.717, 1.165) is 24.8 Å². The molecule has 3 atom stereocenters. The summed E-state index contributed by atoms with van der Waals surface area (Å²) in [4.78, 5) is 52.5. The largest absolute Gasteiger partial charge is 0.501 e. The van der Waals surface area contributed by atoms with E-state index in [9.17, 15) is 23.9 Å². The average molecular weight is 521 g/mol. The number of aromatic hydroxyl groups is 1. The lowest BCUT2D eigenvalue weighted by Crippen LogP contribution is -2.49. The Morgan fingerprint density at radius 3 is 2.68 bits per heavy atom. The third-order valence-electron chi connectivity index (χ3n) is 7.97. The fourth-order valence-electron chi connectivity index (χ4n) is 6.02. The molecular weight excluding hydrogens is 491 g/mol. The van der Waals surface area contributed by atoms with Gasteiger partial charge in [0.25, 0.3) is 5.56 Å². The first kappa shape index (κ1) is 24.3. The van der Waals surface area contributed by atoms with Crippen LogP contribution in [0, 0.1) is 11.7 Å². The molecule has 1 saturated carbocycles. The normalized spacial score (nSPS) is 22.2. The van der Waals surface area contributed by atoms with Gasteiger partial charge in [0.15, 0.2) is 11.5 Å². The number of aromatic nitrogens is 4. The van der Waals surface area contributed by atoms with Crippen LogP contribution in [-0.2, 0) is 22.6 Å². The molecule has 11 heteroatoms. The molecular formula is C27H29FN6O4. The number of nitrogens with one attached hydrogen (secondary N) is 2. The quantitative estimate of drug-likeness (QED) is 0.451. The van der Waals surface area contributed by atoms with Crippen LogP contribution in [0.2, 0.25) is 0 Å². The Morgan fingerprint density at radius 2 is 1.92 bits per heavy atom. The highest BCUT2D eigenvalue weighted by Crippen LogP contribution is 2.40. The smallest absolute Gasteiger partial charge is 0.311 e. The Hall–Kier alpha value is -4.02. The minimum Gasteiger partial charge on any atom is -0.501 e. The molecule has 3 unspecified atom stereocenters. The Morgan fingerprint density at radius 1 is 1.16 bits per heavy atom. The first-order valence-corrected chi connectivity index (χ1v) is 13.1. The Kier molecular flexibility index (Phi) is 6.21. The van der Waals surface area contributed by atoms with E-state index in [1.165, 1.54) is 16.7 Å². The highest BCUT2D eigenvalue weighted by molar-refractivity contribution is 6.35. The van der Waals surface area contributed by atoms with Crippen LogP contribution in [0.1, 0.15) is 55.1 Å². The molecule has 198 valence electrons. The first-order chi connectivity index (χ1) is 18.4. The molecule has 3 aromatic rings. The predicted octanol–water partition coefficient (Wildman–Crippen LogP) is 2.07. The molecule has 1 aromatic carbocycles. The van der Waals surface area contributed by atoms with Crippen LogP contribution < -0.4 is 10.9 Å². The number of amides is 2. The summed E-state index contributed by atoms with van der Waals surface area (Å²) in [5.74, 6) is -1.34. The molecule has 2 fully saturated rings. The van der Waals surface area contributed by atoms with Crippen molar-refractivity contribution < 1.29 is 19.1 Å². The molecule has 0 radical (unpaired) electrons. The summed E-state index contributed by atoms with van der Waals surface area (Å²) in [5, 5.41) is 13.7. The lowest BCUT2D eigenvalue weighted by molar-refractivity contribution is -0.145. The molecule has 1 saturated heterocycles. The number of hydrogen-bond donors (Lipinski definition) is 3. The van der Waals surface area contributed by atoms with E-state index < -0.39 is 23.1 Å². The molecule has 38 heavy (non-hydrogen) atoms. The van der Waals surface area contributed by atoms with E-state index in [0.29, 0.717) is 50.4 Å². The molecule has 3 aliphatic heterocycles.